The molecule has 0 bridgehead atoms. The lowest BCUT2D eigenvalue weighted by Crippen LogP contribution is -1.91. The molecule has 0 amide bonds. The SMILES string of the molecule is C=Cc1c(-c2cccc3c2[nH]c2ccccc23)cc2ccc3cccc4ccc1c2c34. The number of benzene rings is 6. The standard InChI is InChI=1S/C30H19N/c1-2-21-23-16-15-19-8-5-7-18-13-14-20(29(23)28(18)19)17-26(21)25-11-6-10-24-22-9-3-4-12-27(22)31-30(24)25/h2-17,31H,1H2. The van der Waals surface area contributed by atoms with Crippen LogP contribution in [0.1, 0.15) is 5.56 Å². The lowest BCUT2D eigenvalue weighted by molar-refractivity contribution is 1.54. The summed E-state index contributed by atoms with van der Waals surface area (Å²) in [4.78, 5) is 3.67. The molecule has 7 rings (SSSR count). The van der Waals surface area contributed by atoms with Crippen LogP contribution < -0.4 is 0 Å². The quantitative estimate of drug-likeness (QED) is 0.283. The van der Waals surface area contributed by atoms with Gasteiger partial charge in [0.15, 0.2) is 0 Å². The summed E-state index contributed by atoms with van der Waals surface area (Å²) in [7, 11) is 0. The van der Waals surface area contributed by atoms with Crippen LogP contribution in [-0.2, 0) is 0 Å². The van der Waals surface area contributed by atoms with Crippen molar-refractivity contribution in [2.24, 2.45) is 0 Å². The number of nitrogens with one attached hydrogen (secondary N) is 1. The van der Waals surface area contributed by atoms with E-state index >= 15 is 0 Å². The molecular formula is C30H19N. The lowest BCUT2D eigenvalue weighted by Gasteiger charge is -2.17. The number of hydrogen-bond acceptors (Lipinski definition) is 0. The van der Waals surface area contributed by atoms with Crippen molar-refractivity contribution < 1.29 is 0 Å². The van der Waals surface area contributed by atoms with E-state index in [0.29, 0.717) is 0 Å². The Labute approximate surface area is 179 Å². The monoisotopic (exact) mass is 393 g/mol. The molecule has 0 aliphatic heterocycles. The number of hydrogen-bond donors (Lipinski definition) is 1. The normalized spacial score (nSPS) is 12.0. The van der Waals surface area contributed by atoms with Crippen LogP contribution in [0.4, 0.5) is 0 Å². The van der Waals surface area contributed by atoms with Crippen molar-refractivity contribution in [2.45, 2.75) is 0 Å². The Balaban J connectivity index is 1.66. The predicted molar refractivity (Wildman–Crippen MR) is 135 cm³/mol. The van der Waals surface area contributed by atoms with E-state index in [1.54, 1.807) is 0 Å². The van der Waals surface area contributed by atoms with Gasteiger partial charge in [0.05, 0.1) is 5.52 Å². The van der Waals surface area contributed by atoms with E-state index in [-0.39, 0.29) is 0 Å². The third kappa shape index (κ3) is 2.15. The molecule has 1 aromatic heterocycles. The first-order valence-electron chi connectivity index (χ1n) is 10.7. The average Bonchev–Trinajstić information content (AvgIpc) is 3.21. The van der Waals surface area contributed by atoms with Gasteiger partial charge in [-0.3, -0.25) is 0 Å². The van der Waals surface area contributed by atoms with Crippen LogP contribution in [0.15, 0.2) is 97.6 Å². The summed E-state index contributed by atoms with van der Waals surface area (Å²) < 4.78 is 0. The van der Waals surface area contributed by atoms with Gasteiger partial charge in [0.25, 0.3) is 0 Å². The van der Waals surface area contributed by atoms with Crippen LogP contribution in [0.3, 0.4) is 0 Å². The molecule has 0 spiro atoms. The van der Waals surface area contributed by atoms with Gasteiger partial charge in [0.1, 0.15) is 0 Å². The molecule has 144 valence electrons. The van der Waals surface area contributed by atoms with Crippen LogP contribution in [0.25, 0.3) is 71.3 Å². The molecule has 0 saturated heterocycles. The number of H-pyrrole nitrogens is 1. The number of fused-ring (bicyclic) bond motifs is 3. The van der Waals surface area contributed by atoms with E-state index in [1.165, 1.54) is 70.8 Å². The first-order valence-corrected chi connectivity index (χ1v) is 10.7. The zero-order valence-corrected chi connectivity index (χ0v) is 16.9. The molecule has 1 heterocycles. The van der Waals surface area contributed by atoms with Crippen molar-refractivity contribution in [3.05, 3.63) is 103 Å². The van der Waals surface area contributed by atoms with Crippen molar-refractivity contribution in [1.82, 2.24) is 4.98 Å². The molecular weight excluding hydrogens is 374 g/mol. The Hall–Kier alpha value is -4.10. The minimum absolute atomic E-state index is 1.17. The topological polar surface area (TPSA) is 15.8 Å². The van der Waals surface area contributed by atoms with Gasteiger partial charge in [-0.1, -0.05) is 91.5 Å². The Kier molecular flexibility index (Phi) is 3.21. The highest BCUT2D eigenvalue weighted by Crippen LogP contribution is 2.42. The van der Waals surface area contributed by atoms with Gasteiger partial charge in [-0.2, -0.15) is 0 Å². The maximum atomic E-state index is 4.21. The van der Waals surface area contributed by atoms with E-state index in [9.17, 15) is 0 Å². The molecule has 7 aromatic rings. The molecule has 1 heteroatoms. The first-order chi connectivity index (χ1) is 15.3. The van der Waals surface area contributed by atoms with Crippen LogP contribution in [0, 0.1) is 0 Å². The van der Waals surface area contributed by atoms with E-state index in [2.05, 4.69) is 103 Å². The minimum Gasteiger partial charge on any atom is -0.354 e. The lowest BCUT2D eigenvalue weighted by atomic mass is 9.87. The zero-order chi connectivity index (χ0) is 20.5. The molecule has 0 aliphatic carbocycles. The molecule has 1 N–H and O–H groups in total. The van der Waals surface area contributed by atoms with Crippen LogP contribution in [-0.4, -0.2) is 4.98 Å². The largest absolute Gasteiger partial charge is 0.354 e. The predicted octanol–water partition coefficient (Wildman–Crippen LogP) is 8.53. The molecule has 0 atom stereocenters. The van der Waals surface area contributed by atoms with E-state index in [0.717, 1.165) is 0 Å². The molecule has 0 saturated carbocycles. The molecule has 0 unspecified atom stereocenters. The van der Waals surface area contributed by atoms with Gasteiger partial charge >= 0.3 is 0 Å². The van der Waals surface area contributed by atoms with E-state index in [1.807, 2.05) is 6.08 Å². The fraction of sp³-hybridized carbons (Fsp3) is 0. The molecule has 1 nitrogen and oxygen atoms in total. The average molecular weight is 393 g/mol. The molecule has 6 aromatic carbocycles. The number of para-hydroxylation sites is 2. The molecule has 31 heavy (non-hydrogen) atoms. The Morgan fingerprint density at radius 3 is 2.19 bits per heavy atom. The summed E-state index contributed by atoms with van der Waals surface area (Å²) in [6.07, 6.45) is 2.02. The summed E-state index contributed by atoms with van der Waals surface area (Å²) in [5, 5.41) is 10.3. The van der Waals surface area contributed by atoms with Gasteiger partial charge < -0.3 is 4.98 Å². The van der Waals surface area contributed by atoms with E-state index in [4.69, 9.17) is 0 Å². The van der Waals surface area contributed by atoms with Crippen molar-refractivity contribution in [2.75, 3.05) is 0 Å². The number of aromatic nitrogens is 1. The van der Waals surface area contributed by atoms with Gasteiger partial charge in [-0.25, -0.2) is 0 Å². The number of rotatable bonds is 2. The smallest absolute Gasteiger partial charge is 0.0544 e. The second-order valence-corrected chi connectivity index (χ2v) is 8.30. The Morgan fingerprint density at radius 1 is 0.581 bits per heavy atom. The molecule has 0 radical (unpaired) electrons. The summed E-state index contributed by atoms with van der Waals surface area (Å²) in [5.74, 6) is 0. The molecule has 0 fully saturated rings. The fourth-order valence-electron chi connectivity index (χ4n) is 5.37. The van der Waals surface area contributed by atoms with Gasteiger partial charge in [0.2, 0.25) is 0 Å². The second kappa shape index (κ2) is 5.96. The van der Waals surface area contributed by atoms with Crippen molar-refractivity contribution in [3.8, 4) is 11.1 Å². The van der Waals surface area contributed by atoms with Gasteiger partial charge in [0, 0.05) is 21.9 Å². The van der Waals surface area contributed by atoms with Crippen molar-refractivity contribution in [1.29, 1.82) is 0 Å². The summed E-state index contributed by atoms with van der Waals surface area (Å²) in [6.45, 7) is 4.21. The maximum Gasteiger partial charge on any atom is 0.0544 e. The summed E-state index contributed by atoms with van der Waals surface area (Å²) >= 11 is 0. The van der Waals surface area contributed by atoms with Crippen molar-refractivity contribution in [3.63, 3.8) is 0 Å². The summed E-state index contributed by atoms with van der Waals surface area (Å²) in [5.41, 5.74) is 5.98. The highest BCUT2D eigenvalue weighted by Gasteiger charge is 2.17. The Morgan fingerprint density at radius 2 is 1.32 bits per heavy atom. The van der Waals surface area contributed by atoms with Crippen LogP contribution in [0.2, 0.25) is 0 Å². The van der Waals surface area contributed by atoms with Gasteiger partial charge in [-0.15, -0.1) is 0 Å². The fourth-order valence-corrected chi connectivity index (χ4v) is 5.37. The van der Waals surface area contributed by atoms with Crippen LogP contribution >= 0.6 is 0 Å². The number of aromatic amines is 1. The first kappa shape index (κ1) is 16.7. The second-order valence-electron chi connectivity index (χ2n) is 8.30. The third-order valence-electron chi connectivity index (χ3n) is 6.72. The third-order valence-corrected chi connectivity index (χ3v) is 6.72. The zero-order valence-electron chi connectivity index (χ0n) is 16.9. The van der Waals surface area contributed by atoms with E-state index < -0.39 is 0 Å². The van der Waals surface area contributed by atoms with Crippen LogP contribution in [0.5, 0.6) is 0 Å². The summed E-state index contributed by atoms with van der Waals surface area (Å²) in [6, 6.07) is 33.0. The maximum absolute atomic E-state index is 4.21. The minimum atomic E-state index is 1.17. The van der Waals surface area contributed by atoms with Crippen molar-refractivity contribution >= 4 is 60.2 Å². The highest BCUT2D eigenvalue weighted by molar-refractivity contribution is 6.26. The highest BCUT2D eigenvalue weighted by atomic mass is 14.7. The van der Waals surface area contributed by atoms with Gasteiger partial charge in [-0.05, 0) is 55.6 Å². The molecule has 0 aliphatic rings. The Bertz CT molecular complexity index is 1780.